The smallest absolute Gasteiger partial charge is 0.0726 e. The topological polar surface area (TPSA) is 4.93 Å². The van der Waals surface area contributed by atoms with Gasteiger partial charge in [-0.05, 0) is 147 Å². The van der Waals surface area contributed by atoms with E-state index in [1.165, 1.54) is 132 Å². The van der Waals surface area contributed by atoms with Crippen LogP contribution in [0.25, 0.3) is 115 Å². The molecule has 0 radical (unpaired) electrons. The summed E-state index contributed by atoms with van der Waals surface area (Å²) in [5, 5.41) is 10.1. The van der Waals surface area contributed by atoms with E-state index in [-0.39, 0.29) is 0 Å². The third-order valence-electron chi connectivity index (χ3n) is 15.4. The number of hydrogen-bond acceptors (Lipinski definition) is 0. The molecule has 2 aliphatic carbocycles. The molecule has 15 rings (SSSR count). The van der Waals surface area contributed by atoms with Crippen LogP contribution in [-0.4, -0.2) is 4.57 Å². The number of para-hydroxylation sites is 1. The number of nitrogens with zero attached hydrogens (tertiary/aromatic N) is 1. The first-order valence-corrected chi connectivity index (χ1v) is 23.8. The fourth-order valence-corrected chi connectivity index (χ4v) is 12.7. The van der Waals surface area contributed by atoms with Crippen molar-refractivity contribution in [1.29, 1.82) is 0 Å². The monoisotopic (exact) mass is 859 g/mol. The Hall–Kier alpha value is -8.78. The fraction of sp³-hybridized carbons (Fsp3) is 0.0149. The van der Waals surface area contributed by atoms with Crippen molar-refractivity contribution in [3.05, 3.63) is 271 Å². The van der Waals surface area contributed by atoms with Crippen molar-refractivity contribution in [2.45, 2.75) is 5.41 Å². The summed E-state index contributed by atoms with van der Waals surface area (Å²) >= 11 is 0. The lowest BCUT2D eigenvalue weighted by atomic mass is 9.70. The Morgan fingerprint density at radius 2 is 0.735 bits per heavy atom. The molecule has 0 bridgehead atoms. The molecule has 0 fully saturated rings. The standard InChI is InChI=1S/C67H41N/c1-2-18-43(19-3-1)65-54-25-6-8-27-56(54)66(57-28-9-7-26-55(57)65)45-33-36-51-52-37-35-46(41-62(52)67(61(51)40-45)59-30-13-10-22-49(59)50-23-11-14-31-60(50)67)68-63-32-15-12-24-53(63)58-39-44(34-38-64(58)68)48-29-16-20-42-17-4-5-21-47(42)48/h1-41H. The molecule has 0 saturated heterocycles. The molecule has 0 N–H and O–H groups in total. The second-order valence-electron chi connectivity index (χ2n) is 18.6. The van der Waals surface area contributed by atoms with Crippen LogP contribution in [0.2, 0.25) is 0 Å². The minimum absolute atomic E-state index is 0.542. The van der Waals surface area contributed by atoms with Gasteiger partial charge in [0.25, 0.3) is 0 Å². The molecule has 0 aliphatic heterocycles. The molecule has 0 saturated carbocycles. The Kier molecular flexibility index (Phi) is 7.77. The van der Waals surface area contributed by atoms with E-state index in [0.29, 0.717) is 0 Å². The Balaban J connectivity index is 0.989. The molecule has 1 nitrogen and oxygen atoms in total. The Morgan fingerprint density at radius 1 is 0.250 bits per heavy atom. The first kappa shape index (κ1) is 37.4. The summed E-state index contributed by atoms with van der Waals surface area (Å²) in [5.41, 5.74) is 21.1. The van der Waals surface area contributed by atoms with Crippen molar-refractivity contribution < 1.29 is 0 Å². The molecular formula is C67H41N. The molecule has 2 aliphatic rings. The Morgan fingerprint density at radius 3 is 1.44 bits per heavy atom. The number of hydrogen-bond donors (Lipinski definition) is 0. The van der Waals surface area contributed by atoms with Crippen molar-refractivity contribution in [2.75, 3.05) is 0 Å². The highest BCUT2D eigenvalue weighted by Gasteiger charge is 2.52. The van der Waals surface area contributed by atoms with Gasteiger partial charge in [-0.2, -0.15) is 0 Å². The molecule has 0 atom stereocenters. The zero-order valence-corrected chi connectivity index (χ0v) is 37.1. The molecule has 13 aromatic rings. The highest BCUT2D eigenvalue weighted by Crippen LogP contribution is 2.64. The SMILES string of the molecule is c1ccc(-c2c3ccccc3c(-c3ccc4c(c3)C3(c5ccccc5-c5ccccc53)c3cc(-n5c6ccccc6c6cc(-c7cccc8ccccc78)ccc65)ccc3-4)c3ccccc23)cc1. The normalized spacial score (nSPS) is 13.1. The summed E-state index contributed by atoms with van der Waals surface area (Å²) in [4.78, 5) is 0. The minimum Gasteiger partial charge on any atom is -0.309 e. The summed E-state index contributed by atoms with van der Waals surface area (Å²) < 4.78 is 2.50. The number of aromatic nitrogens is 1. The Bertz CT molecular complexity index is 4150. The van der Waals surface area contributed by atoms with Crippen LogP contribution in [0.1, 0.15) is 22.3 Å². The summed E-state index contributed by atoms with van der Waals surface area (Å²) in [6, 6.07) is 93.3. The summed E-state index contributed by atoms with van der Waals surface area (Å²) in [7, 11) is 0. The average molecular weight is 860 g/mol. The van der Waals surface area contributed by atoms with E-state index < -0.39 is 5.41 Å². The number of rotatable bonds is 4. The summed E-state index contributed by atoms with van der Waals surface area (Å²) in [6.45, 7) is 0. The molecule has 1 spiro atoms. The maximum Gasteiger partial charge on any atom is 0.0726 e. The molecule has 1 heterocycles. The van der Waals surface area contributed by atoms with Crippen LogP contribution in [0.3, 0.4) is 0 Å². The van der Waals surface area contributed by atoms with Crippen LogP contribution < -0.4 is 0 Å². The van der Waals surface area contributed by atoms with Crippen LogP contribution >= 0.6 is 0 Å². The first-order chi connectivity index (χ1) is 33.8. The van der Waals surface area contributed by atoms with Crippen LogP contribution in [-0.2, 0) is 5.41 Å². The van der Waals surface area contributed by atoms with E-state index in [1.54, 1.807) is 0 Å². The molecular weight excluding hydrogens is 819 g/mol. The van der Waals surface area contributed by atoms with E-state index in [2.05, 4.69) is 253 Å². The molecule has 1 aromatic heterocycles. The van der Waals surface area contributed by atoms with Crippen molar-refractivity contribution in [3.63, 3.8) is 0 Å². The third-order valence-corrected chi connectivity index (χ3v) is 15.4. The summed E-state index contributed by atoms with van der Waals surface area (Å²) in [5.74, 6) is 0. The van der Waals surface area contributed by atoms with Crippen molar-refractivity contribution in [3.8, 4) is 61.3 Å². The zero-order chi connectivity index (χ0) is 44.5. The Labute approximate surface area is 394 Å². The van der Waals surface area contributed by atoms with Gasteiger partial charge in [-0.3, -0.25) is 0 Å². The maximum atomic E-state index is 2.56. The molecule has 68 heavy (non-hydrogen) atoms. The molecule has 0 unspecified atom stereocenters. The van der Waals surface area contributed by atoms with Gasteiger partial charge >= 0.3 is 0 Å². The highest BCUT2D eigenvalue weighted by molar-refractivity contribution is 6.21. The third kappa shape index (κ3) is 5.00. The van der Waals surface area contributed by atoms with Gasteiger partial charge in [0, 0.05) is 16.5 Å². The first-order valence-electron chi connectivity index (χ1n) is 23.8. The van der Waals surface area contributed by atoms with Crippen LogP contribution in [0.4, 0.5) is 0 Å². The van der Waals surface area contributed by atoms with E-state index in [4.69, 9.17) is 0 Å². The van der Waals surface area contributed by atoms with Crippen molar-refractivity contribution in [2.24, 2.45) is 0 Å². The van der Waals surface area contributed by atoms with E-state index in [0.717, 1.165) is 5.69 Å². The summed E-state index contributed by atoms with van der Waals surface area (Å²) in [6.07, 6.45) is 0. The van der Waals surface area contributed by atoms with Gasteiger partial charge in [0.2, 0.25) is 0 Å². The van der Waals surface area contributed by atoms with Gasteiger partial charge in [0.15, 0.2) is 0 Å². The second-order valence-corrected chi connectivity index (χ2v) is 18.6. The van der Waals surface area contributed by atoms with E-state index >= 15 is 0 Å². The fourth-order valence-electron chi connectivity index (χ4n) is 12.7. The predicted molar refractivity (Wildman–Crippen MR) is 286 cm³/mol. The van der Waals surface area contributed by atoms with E-state index in [1.807, 2.05) is 0 Å². The molecule has 314 valence electrons. The van der Waals surface area contributed by atoms with Crippen molar-refractivity contribution >= 4 is 54.1 Å². The minimum atomic E-state index is -0.542. The van der Waals surface area contributed by atoms with Gasteiger partial charge < -0.3 is 4.57 Å². The largest absolute Gasteiger partial charge is 0.309 e. The van der Waals surface area contributed by atoms with Crippen molar-refractivity contribution in [1.82, 2.24) is 4.57 Å². The second kappa shape index (κ2) is 14.1. The molecule has 1 heteroatoms. The molecule has 12 aromatic carbocycles. The zero-order valence-electron chi connectivity index (χ0n) is 37.1. The van der Waals surface area contributed by atoms with E-state index in [9.17, 15) is 0 Å². The lowest BCUT2D eigenvalue weighted by molar-refractivity contribution is 0.793. The quantitative estimate of drug-likeness (QED) is 0.155. The lowest BCUT2D eigenvalue weighted by Gasteiger charge is -2.31. The van der Waals surface area contributed by atoms with Gasteiger partial charge in [0.1, 0.15) is 0 Å². The lowest BCUT2D eigenvalue weighted by Crippen LogP contribution is -2.26. The highest BCUT2D eigenvalue weighted by atomic mass is 15.0. The van der Waals surface area contributed by atoms with Crippen LogP contribution in [0.5, 0.6) is 0 Å². The van der Waals surface area contributed by atoms with Crippen LogP contribution in [0, 0.1) is 0 Å². The molecule has 0 amide bonds. The number of fused-ring (bicyclic) bond motifs is 16. The van der Waals surface area contributed by atoms with Crippen LogP contribution in [0.15, 0.2) is 249 Å². The van der Waals surface area contributed by atoms with Gasteiger partial charge in [-0.1, -0.05) is 212 Å². The number of benzene rings is 12. The predicted octanol–water partition coefficient (Wildman–Crippen LogP) is 17.6. The average Bonchev–Trinajstić information content (AvgIpc) is 4.01. The van der Waals surface area contributed by atoms with Gasteiger partial charge in [0.05, 0.1) is 16.4 Å². The maximum absolute atomic E-state index is 2.56. The van der Waals surface area contributed by atoms with Gasteiger partial charge in [-0.15, -0.1) is 0 Å². The van der Waals surface area contributed by atoms with Gasteiger partial charge in [-0.25, -0.2) is 0 Å².